The van der Waals surface area contributed by atoms with Crippen LogP contribution in [0.2, 0.25) is 0 Å². The zero-order valence-electron chi connectivity index (χ0n) is 9.66. The fourth-order valence-corrected chi connectivity index (χ4v) is 2.67. The average molecular weight is 207 g/mol. The Balaban J connectivity index is 2.12. The van der Waals surface area contributed by atoms with E-state index in [2.05, 4.69) is 41.6 Å². The molecule has 2 rings (SSSR count). The van der Waals surface area contributed by atoms with Crippen molar-refractivity contribution in [1.82, 2.24) is 15.2 Å². The van der Waals surface area contributed by atoms with Crippen LogP contribution in [0.25, 0.3) is 0 Å². The Labute approximate surface area is 91.9 Å². The van der Waals surface area contributed by atoms with Crippen molar-refractivity contribution in [3.05, 3.63) is 24.0 Å². The predicted octanol–water partition coefficient (Wildman–Crippen LogP) is 1.62. The lowest BCUT2D eigenvalue weighted by molar-refractivity contribution is 0.178. The molecule has 1 fully saturated rings. The van der Waals surface area contributed by atoms with Crippen LogP contribution in [0.5, 0.6) is 0 Å². The molecule has 84 valence electrons. The van der Waals surface area contributed by atoms with Crippen molar-refractivity contribution < 1.29 is 0 Å². The van der Waals surface area contributed by atoms with E-state index in [1.807, 2.05) is 6.20 Å². The van der Waals surface area contributed by atoms with Crippen LogP contribution in [0.4, 0.5) is 0 Å². The third-order valence-electron chi connectivity index (χ3n) is 3.35. The SMILES string of the molecule is CN(C)C(c1cc[nH]c1)C1CCNCC1. The van der Waals surface area contributed by atoms with E-state index < -0.39 is 0 Å². The minimum atomic E-state index is 0.568. The number of piperidine rings is 1. The molecule has 1 unspecified atom stereocenters. The smallest absolute Gasteiger partial charge is 0.0386 e. The molecule has 0 amide bonds. The third-order valence-corrected chi connectivity index (χ3v) is 3.35. The van der Waals surface area contributed by atoms with E-state index >= 15 is 0 Å². The van der Waals surface area contributed by atoms with Crippen LogP contribution in [-0.4, -0.2) is 37.1 Å². The molecule has 2 N–H and O–H groups in total. The Bertz CT molecular complexity index is 273. The number of rotatable bonds is 3. The maximum atomic E-state index is 3.43. The van der Waals surface area contributed by atoms with Gasteiger partial charge in [0.2, 0.25) is 0 Å². The largest absolute Gasteiger partial charge is 0.367 e. The fourth-order valence-electron chi connectivity index (χ4n) is 2.67. The molecule has 0 aromatic carbocycles. The second-order valence-electron chi connectivity index (χ2n) is 4.64. The molecule has 1 saturated heterocycles. The van der Waals surface area contributed by atoms with E-state index in [0.29, 0.717) is 6.04 Å². The summed E-state index contributed by atoms with van der Waals surface area (Å²) in [6, 6.07) is 2.77. The highest BCUT2D eigenvalue weighted by atomic mass is 15.1. The second kappa shape index (κ2) is 4.81. The number of H-pyrrole nitrogens is 1. The van der Waals surface area contributed by atoms with Gasteiger partial charge in [-0.2, -0.15) is 0 Å². The molecule has 1 aliphatic rings. The zero-order valence-corrected chi connectivity index (χ0v) is 9.66. The number of hydrogen-bond acceptors (Lipinski definition) is 2. The van der Waals surface area contributed by atoms with Gasteiger partial charge < -0.3 is 15.2 Å². The number of nitrogens with zero attached hydrogens (tertiary/aromatic N) is 1. The van der Waals surface area contributed by atoms with Crippen LogP contribution in [-0.2, 0) is 0 Å². The molecule has 2 heterocycles. The maximum Gasteiger partial charge on any atom is 0.0386 e. The second-order valence-corrected chi connectivity index (χ2v) is 4.64. The normalized spacial score (nSPS) is 20.7. The van der Waals surface area contributed by atoms with Gasteiger partial charge in [0.25, 0.3) is 0 Å². The van der Waals surface area contributed by atoms with E-state index in [4.69, 9.17) is 0 Å². The summed E-state index contributed by atoms with van der Waals surface area (Å²) in [4.78, 5) is 5.51. The van der Waals surface area contributed by atoms with Crippen LogP contribution < -0.4 is 5.32 Å². The van der Waals surface area contributed by atoms with E-state index in [1.165, 1.54) is 31.5 Å². The minimum Gasteiger partial charge on any atom is -0.367 e. The summed E-state index contributed by atoms with van der Waals surface area (Å²) in [5.74, 6) is 0.789. The van der Waals surface area contributed by atoms with Gasteiger partial charge in [0.15, 0.2) is 0 Å². The summed E-state index contributed by atoms with van der Waals surface area (Å²) in [6.45, 7) is 2.33. The topological polar surface area (TPSA) is 31.1 Å². The summed E-state index contributed by atoms with van der Waals surface area (Å²) in [7, 11) is 4.36. The van der Waals surface area contributed by atoms with E-state index in [0.717, 1.165) is 5.92 Å². The molecule has 0 aliphatic carbocycles. The molecule has 0 saturated carbocycles. The molecule has 0 bridgehead atoms. The van der Waals surface area contributed by atoms with Gasteiger partial charge in [0.1, 0.15) is 0 Å². The molecule has 3 heteroatoms. The van der Waals surface area contributed by atoms with Gasteiger partial charge >= 0.3 is 0 Å². The van der Waals surface area contributed by atoms with Crippen molar-refractivity contribution in [2.45, 2.75) is 18.9 Å². The Morgan fingerprint density at radius 1 is 1.33 bits per heavy atom. The van der Waals surface area contributed by atoms with E-state index in [-0.39, 0.29) is 0 Å². The van der Waals surface area contributed by atoms with Crippen molar-refractivity contribution in [3.8, 4) is 0 Å². The van der Waals surface area contributed by atoms with E-state index in [1.54, 1.807) is 0 Å². The molecular weight excluding hydrogens is 186 g/mol. The molecule has 0 radical (unpaired) electrons. The molecule has 3 nitrogen and oxygen atoms in total. The highest BCUT2D eigenvalue weighted by molar-refractivity contribution is 5.15. The lowest BCUT2D eigenvalue weighted by Gasteiger charge is -2.34. The van der Waals surface area contributed by atoms with Gasteiger partial charge in [-0.15, -0.1) is 0 Å². The van der Waals surface area contributed by atoms with Crippen molar-refractivity contribution in [2.24, 2.45) is 5.92 Å². The number of aromatic nitrogens is 1. The average Bonchev–Trinajstić information content (AvgIpc) is 2.72. The Morgan fingerprint density at radius 3 is 2.60 bits per heavy atom. The standard InChI is InChI=1S/C12H21N3/c1-15(2)12(11-5-8-14-9-11)10-3-6-13-7-4-10/h5,8-10,12-14H,3-4,6-7H2,1-2H3. The van der Waals surface area contributed by atoms with Gasteiger partial charge in [-0.25, -0.2) is 0 Å². The quantitative estimate of drug-likeness (QED) is 0.789. The third kappa shape index (κ3) is 2.41. The fraction of sp³-hybridized carbons (Fsp3) is 0.667. The maximum absolute atomic E-state index is 3.43. The Hall–Kier alpha value is -0.800. The summed E-state index contributed by atoms with van der Waals surface area (Å²) in [6.07, 6.45) is 6.72. The first-order chi connectivity index (χ1) is 7.29. The van der Waals surface area contributed by atoms with Crippen molar-refractivity contribution in [3.63, 3.8) is 0 Å². The Kier molecular flexibility index (Phi) is 3.44. The molecule has 1 aliphatic heterocycles. The minimum absolute atomic E-state index is 0.568. The highest BCUT2D eigenvalue weighted by Crippen LogP contribution is 2.32. The van der Waals surface area contributed by atoms with Crippen LogP contribution in [0, 0.1) is 5.92 Å². The highest BCUT2D eigenvalue weighted by Gasteiger charge is 2.26. The lowest BCUT2D eigenvalue weighted by Crippen LogP contribution is -2.35. The van der Waals surface area contributed by atoms with Gasteiger partial charge in [0.05, 0.1) is 0 Å². The van der Waals surface area contributed by atoms with E-state index in [9.17, 15) is 0 Å². The summed E-state index contributed by atoms with van der Waals surface area (Å²) < 4.78 is 0. The first-order valence-electron chi connectivity index (χ1n) is 5.79. The molecule has 15 heavy (non-hydrogen) atoms. The first kappa shape index (κ1) is 10.7. The number of aromatic amines is 1. The monoisotopic (exact) mass is 207 g/mol. The zero-order chi connectivity index (χ0) is 10.7. The lowest BCUT2D eigenvalue weighted by atomic mass is 9.86. The van der Waals surface area contributed by atoms with Crippen molar-refractivity contribution in [1.29, 1.82) is 0 Å². The number of nitrogens with one attached hydrogen (secondary N) is 2. The first-order valence-corrected chi connectivity index (χ1v) is 5.79. The molecular formula is C12H21N3. The number of hydrogen-bond donors (Lipinski definition) is 2. The predicted molar refractivity (Wildman–Crippen MR) is 62.8 cm³/mol. The van der Waals surface area contributed by atoms with Crippen molar-refractivity contribution in [2.75, 3.05) is 27.2 Å². The summed E-state index contributed by atoms with van der Waals surface area (Å²) in [5, 5.41) is 3.43. The molecule has 1 aromatic rings. The van der Waals surface area contributed by atoms with Gasteiger partial charge in [-0.1, -0.05) is 0 Å². The van der Waals surface area contributed by atoms with Gasteiger partial charge in [-0.05, 0) is 57.6 Å². The van der Waals surface area contributed by atoms with Gasteiger partial charge in [-0.3, -0.25) is 0 Å². The van der Waals surface area contributed by atoms with Crippen LogP contribution in [0.3, 0.4) is 0 Å². The molecule has 1 atom stereocenters. The van der Waals surface area contributed by atoms with Gasteiger partial charge in [0, 0.05) is 18.4 Å². The van der Waals surface area contributed by atoms with Crippen molar-refractivity contribution >= 4 is 0 Å². The molecule has 1 aromatic heterocycles. The van der Waals surface area contributed by atoms with Crippen LogP contribution >= 0.6 is 0 Å². The summed E-state index contributed by atoms with van der Waals surface area (Å²) >= 11 is 0. The summed E-state index contributed by atoms with van der Waals surface area (Å²) in [5.41, 5.74) is 1.42. The van der Waals surface area contributed by atoms with Crippen LogP contribution in [0.15, 0.2) is 18.5 Å². The molecule has 0 spiro atoms. The van der Waals surface area contributed by atoms with Crippen LogP contribution in [0.1, 0.15) is 24.4 Å². The Morgan fingerprint density at radius 2 is 2.07 bits per heavy atom.